The van der Waals surface area contributed by atoms with Gasteiger partial charge in [0, 0.05) is 18.8 Å². The van der Waals surface area contributed by atoms with Crippen molar-refractivity contribution in [3.63, 3.8) is 0 Å². The second-order valence-corrected chi connectivity index (χ2v) is 7.20. The van der Waals surface area contributed by atoms with Crippen LogP contribution < -0.4 is 0 Å². The highest BCUT2D eigenvalue weighted by atomic mass is 16.2. The third-order valence-electron chi connectivity index (χ3n) is 4.63. The molecule has 0 N–H and O–H groups in total. The molecule has 0 radical (unpaired) electrons. The number of rotatable bonds is 6. The highest BCUT2D eigenvalue weighted by Crippen LogP contribution is 2.16. The first-order valence-electron chi connectivity index (χ1n) is 9.21. The van der Waals surface area contributed by atoms with Gasteiger partial charge in [-0.2, -0.15) is 0 Å². The highest BCUT2D eigenvalue weighted by molar-refractivity contribution is 5.76. The number of amides is 1. The maximum atomic E-state index is 12.9. The van der Waals surface area contributed by atoms with Gasteiger partial charge >= 0.3 is 0 Å². The van der Waals surface area contributed by atoms with Crippen LogP contribution in [-0.4, -0.2) is 29.6 Å². The zero-order valence-electron chi connectivity index (χ0n) is 15.6. The number of pyridine rings is 2. The van der Waals surface area contributed by atoms with E-state index in [4.69, 9.17) is 0 Å². The molecule has 0 spiro atoms. The van der Waals surface area contributed by atoms with Crippen molar-refractivity contribution in [3.8, 4) is 0 Å². The number of fused-ring (bicyclic) bond motifs is 2. The van der Waals surface area contributed by atoms with Gasteiger partial charge in [-0.3, -0.25) is 4.79 Å². The van der Waals surface area contributed by atoms with E-state index in [2.05, 4.69) is 23.8 Å². The third kappa shape index (κ3) is 3.56. The van der Waals surface area contributed by atoms with E-state index in [0.717, 1.165) is 22.7 Å². The highest BCUT2D eigenvalue weighted by Gasteiger charge is 2.19. The average Bonchev–Trinajstić information content (AvgIpc) is 3.25. The molecule has 0 fully saturated rings. The van der Waals surface area contributed by atoms with Crippen LogP contribution in [0.4, 0.5) is 0 Å². The van der Waals surface area contributed by atoms with Crippen LogP contribution in [0.15, 0.2) is 61.2 Å². The quantitative estimate of drug-likeness (QED) is 0.528. The smallest absolute Gasteiger partial charge is 0.223 e. The Kier molecular flexibility index (Phi) is 4.62. The molecule has 0 bridgehead atoms. The molecule has 4 aromatic heterocycles. The van der Waals surface area contributed by atoms with E-state index in [1.807, 2.05) is 74.9 Å². The Hall–Kier alpha value is -3.15. The fourth-order valence-electron chi connectivity index (χ4n) is 3.31. The molecule has 0 aromatic carbocycles. The Labute approximate surface area is 158 Å². The molecule has 6 heteroatoms. The van der Waals surface area contributed by atoms with Crippen LogP contribution in [-0.2, 0) is 17.9 Å². The van der Waals surface area contributed by atoms with Gasteiger partial charge in [0.25, 0.3) is 0 Å². The molecule has 138 valence electrons. The molecule has 4 rings (SSSR count). The largest absolute Gasteiger partial charge is 0.331 e. The SMILES string of the molecule is CC(C)CC(=O)N(Cc1cnc2ccccn12)Cc1cnc2ccccn12. The first-order valence-corrected chi connectivity index (χ1v) is 9.21. The van der Waals surface area contributed by atoms with E-state index < -0.39 is 0 Å². The maximum absolute atomic E-state index is 12.9. The van der Waals surface area contributed by atoms with Crippen molar-refractivity contribution in [2.45, 2.75) is 33.4 Å². The summed E-state index contributed by atoms with van der Waals surface area (Å²) in [6.07, 6.45) is 8.18. The molecule has 27 heavy (non-hydrogen) atoms. The van der Waals surface area contributed by atoms with Crippen molar-refractivity contribution in [3.05, 3.63) is 72.6 Å². The number of carbonyl (C=O) groups is 1. The molecular formula is C21H23N5O. The molecular weight excluding hydrogens is 338 g/mol. The van der Waals surface area contributed by atoms with Crippen molar-refractivity contribution < 1.29 is 4.79 Å². The van der Waals surface area contributed by atoms with E-state index in [-0.39, 0.29) is 5.91 Å². The van der Waals surface area contributed by atoms with Crippen LogP contribution in [0.5, 0.6) is 0 Å². The molecule has 0 saturated carbocycles. The van der Waals surface area contributed by atoms with Crippen molar-refractivity contribution in [2.75, 3.05) is 0 Å². The van der Waals surface area contributed by atoms with Gasteiger partial charge in [0.05, 0.1) is 36.9 Å². The van der Waals surface area contributed by atoms with E-state index in [1.165, 1.54) is 0 Å². The van der Waals surface area contributed by atoms with Crippen LogP contribution in [0.25, 0.3) is 11.3 Å². The van der Waals surface area contributed by atoms with Gasteiger partial charge in [0.15, 0.2) is 0 Å². The van der Waals surface area contributed by atoms with E-state index >= 15 is 0 Å². The second-order valence-electron chi connectivity index (χ2n) is 7.20. The fourth-order valence-corrected chi connectivity index (χ4v) is 3.31. The Morgan fingerprint density at radius 2 is 1.44 bits per heavy atom. The Bertz CT molecular complexity index is 1000. The summed E-state index contributed by atoms with van der Waals surface area (Å²) in [5.41, 5.74) is 3.77. The average molecular weight is 361 g/mol. The standard InChI is InChI=1S/C21H23N5O/c1-16(2)11-21(27)24(14-17-12-22-19-7-3-5-9-25(17)19)15-18-13-23-20-8-4-6-10-26(18)20/h3-10,12-13,16H,11,14-15H2,1-2H3. The lowest BCUT2D eigenvalue weighted by Crippen LogP contribution is -2.31. The first kappa shape index (κ1) is 17.3. The van der Waals surface area contributed by atoms with E-state index in [0.29, 0.717) is 25.4 Å². The molecule has 0 aliphatic heterocycles. The van der Waals surface area contributed by atoms with Gasteiger partial charge in [0.1, 0.15) is 11.3 Å². The van der Waals surface area contributed by atoms with Gasteiger partial charge < -0.3 is 13.7 Å². The number of nitrogens with zero attached hydrogens (tertiary/aromatic N) is 5. The lowest BCUT2D eigenvalue weighted by atomic mass is 10.1. The van der Waals surface area contributed by atoms with Gasteiger partial charge in [-0.1, -0.05) is 26.0 Å². The van der Waals surface area contributed by atoms with Crippen LogP contribution in [0.3, 0.4) is 0 Å². The molecule has 0 saturated heterocycles. The Morgan fingerprint density at radius 1 is 0.926 bits per heavy atom. The number of carbonyl (C=O) groups excluding carboxylic acids is 1. The molecule has 0 aliphatic rings. The topological polar surface area (TPSA) is 54.9 Å². The van der Waals surface area contributed by atoms with Gasteiger partial charge in [0.2, 0.25) is 5.91 Å². The molecule has 0 atom stereocenters. The minimum atomic E-state index is 0.141. The minimum absolute atomic E-state index is 0.141. The Balaban J connectivity index is 1.65. The van der Waals surface area contributed by atoms with E-state index in [1.54, 1.807) is 0 Å². The third-order valence-corrected chi connectivity index (χ3v) is 4.63. The molecule has 4 heterocycles. The first-order chi connectivity index (χ1) is 13.1. The van der Waals surface area contributed by atoms with Crippen molar-refractivity contribution in [1.29, 1.82) is 0 Å². The van der Waals surface area contributed by atoms with E-state index in [9.17, 15) is 4.79 Å². The summed E-state index contributed by atoms with van der Waals surface area (Å²) in [6, 6.07) is 11.8. The van der Waals surface area contributed by atoms with Crippen LogP contribution in [0, 0.1) is 5.92 Å². The lowest BCUT2D eigenvalue weighted by molar-refractivity contribution is -0.133. The summed E-state index contributed by atoms with van der Waals surface area (Å²) in [4.78, 5) is 23.7. The summed E-state index contributed by atoms with van der Waals surface area (Å²) in [5.74, 6) is 0.450. The summed E-state index contributed by atoms with van der Waals surface area (Å²) in [7, 11) is 0. The maximum Gasteiger partial charge on any atom is 0.223 e. The predicted molar refractivity (Wildman–Crippen MR) is 104 cm³/mol. The van der Waals surface area contributed by atoms with Gasteiger partial charge in [-0.25, -0.2) is 9.97 Å². The predicted octanol–water partition coefficient (Wildman–Crippen LogP) is 3.56. The molecule has 0 unspecified atom stereocenters. The lowest BCUT2D eigenvalue weighted by Gasteiger charge is -2.23. The van der Waals surface area contributed by atoms with Crippen molar-refractivity contribution >= 4 is 17.2 Å². The van der Waals surface area contributed by atoms with Crippen molar-refractivity contribution in [2.24, 2.45) is 5.92 Å². The number of aromatic nitrogens is 4. The van der Waals surface area contributed by atoms with Crippen LogP contribution in [0.2, 0.25) is 0 Å². The molecule has 4 aromatic rings. The van der Waals surface area contributed by atoms with Crippen LogP contribution >= 0.6 is 0 Å². The summed E-state index contributed by atoms with van der Waals surface area (Å²) in [5, 5.41) is 0. The van der Waals surface area contributed by atoms with Crippen LogP contribution in [0.1, 0.15) is 31.7 Å². The fraction of sp³-hybridized carbons (Fsp3) is 0.286. The Morgan fingerprint density at radius 3 is 1.93 bits per heavy atom. The monoisotopic (exact) mass is 361 g/mol. The van der Waals surface area contributed by atoms with Crippen molar-refractivity contribution in [1.82, 2.24) is 23.7 Å². The molecule has 1 amide bonds. The zero-order chi connectivity index (χ0) is 18.8. The van der Waals surface area contributed by atoms with Gasteiger partial charge in [-0.05, 0) is 30.2 Å². The minimum Gasteiger partial charge on any atom is -0.331 e. The van der Waals surface area contributed by atoms with Gasteiger partial charge in [-0.15, -0.1) is 0 Å². The second kappa shape index (κ2) is 7.23. The summed E-state index contributed by atoms with van der Waals surface area (Å²) in [6.45, 7) is 5.16. The summed E-state index contributed by atoms with van der Waals surface area (Å²) >= 11 is 0. The normalized spacial score (nSPS) is 11.5. The summed E-state index contributed by atoms with van der Waals surface area (Å²) < 4.78 is 4.06. The number of hydrogen-bond donors (Lipinski definition) is 0. The zero-order valence-corrected chi connectivity index (χ0v) is 15.6. The number of hydrogen-bond acceptors (Lipinski definition) is 3. The molecule has 0 aliphatic carbocycles. The number of imidazole rings is 2. The molecule has 6 nitrogen and oxygen atoms in total.